The van der Waals surface area contributed by atoms with Crippen molar-refractivity contribution in [3.05, 3.63) is 71.8 Å². The molecule has 2 aromatic rings. The molecule has 0 unspecified atom stereocenters. The molecule has 1 aliphatic heterocycles. The number of nitrogens with zero attached hydrogens (tertiary/aromatic N) is 1. The monoisotopic (exact) mass is 351 g/mol. The van der Waals surface area contributed by atoms with E-state index in [1.54, 1.807) is 4.90 Å². The normalized spacial score (nSPS) is 18.8. The van der Waals surface area contributed by atoms with Crippen LogP contribution in [0.15, 0.2) is 60.7 Å². The van der Waals surface area contributed by atoms with E-state index in [0.29, 0.717) is 0 Å². The fourth-order valence-electron chi connectivity index (χ4n) is 3.08. The molecule has 1 amide bonds. The molecule has 136 valence electrons. The van der Waals surface area contributed by atoms with Gasteiger partial charge in [0.1, 0.15) is 0 Å². The maximum absolute atomic E-state index is 13.1. The Bertz CT molecular complexity index is 718. The van der Waals surface area contributed by atoms with Crippen molar-refractivity contribution >= 4 is 11.7 Å². The summed E-state index contributed by atoms with van der Waals surface area (Å²) in [5, 5.41) is 0. The first kappa shape index (κ1) is 18.3. The summed E-state index contributed by atoms with van der Waals surface area (Å²) in [6.45, 7) is 5.69. The Morgan fingerprint density at radius 2 is 1.42 bits per heavy atom. The van der Waals surface area contributed by atoms with Gasteiger partial charge in [0.15, 0.2) is 11.9 Å². The van der Waals surface area contributed by atoms with E-state index < -0.39 is 6.10 Å². The van der Waals surface area contributed by atoms with Crippen LogP contribution >= 0.6 is 0 Å². The fraction of sp³-hybridized carbons (Fsp3) is 0.364. The Balaban J connectivity index is 2.03. The quantitative estimate of drug-likeness (QED) is 0.716. The van der Waals surface area contributed by atoms with E-state index in [0.717, 1.165) is 11.1 Å². The summed E-state index contributed by atoms with van der Waals surface area (Å²) in [7, 11) is 0. The van der Waals surface area contributed by atoms with Crippen LogP contribution in [0.4, 0.5) is 0 Å². The number of epoxide rings is 1. The highest BCUT2D eigenvalue weighted by atomic mass is 16.6. The first-order valence-corrected chi connectivity index (χ1v) is 9.07. The average molecular weight is 351 g/mol. The molecule has 1 heterocycles. The van der Waals surface area contributed by atoms with E-state index in [1.807, 2.05) is 81.4 Å². The molecular weight excluding hydrogens is 326 g/mol. The van der Waals surface area contributed by atoms with Gasteiger partial charge in [-0.3, -0.25) is 9.59 Å². The van der Waals surface area contributed by atoms with Gasteiger partial charge in [-0.1, -0.05) is 74.5 Å². The number of amides is 1. The highest BCUT2D eigenvalue weighted by Gasteiger charge is 2.45. The minimum Gasteiger partial charge on any atom is -0.359 e. The van der Waals surface area contributed by atoms with E-state index in [-0.39, 0.29) is 36.3 Å². The molecule has 0 radical (unpaired) electrons. The van der Waals surface area contributed by atoms with Crippen LogP contribution in [0.25, 0.3) is 0 Å². The summed E-state index contributed by atoms with van der Waals surface area (Å²) in [6.07, 6.45) is -0.545. The lowest BCUT2D eigenvalue weighted by molar-refractivity contribution is -0.139. The van der Waals surface area contributed by atoms with Crippen molar-refractivity contribution in [2.45, 2.75) is 39.0 Å². The number of hydrogen-bond donors (Lipinski definition) is 0. The fourth-order valence-corrected chi connectivity index (χ4v) is 3.08. The molecule has 0 aromatic heterocycles. The molecule has 1 fully saturated rings. The largest absolute Gasteiger partial charge is 0.359 e. The molecule has 2 aromatic carbocycles. The standard InChI is InChI=1S/C22H25NO3/c1-15(2)19(24)14-23(22(25)21-16(3)26-21)20(17-10-6-4-7-11-17)18-12-8-5-9-13-18/h4-13,15-16,20-21H,14H2,1-3H3/t16-,21-/m1/s1. The van der Waals surface area contributed by atoms with Crippen molar-refractivity contribution in [2.24, 2.45) is 5.92 Å². The predicted octanol–water partition coefficient (Wildman–Crippen LogP) is 3.62. The van der Waals surface area contributed by atoms with Gasteiger partial charge in [-0.25, -0.2) is 0 Å². The molecule has 0 spiro atoms. The van der Waals surface area contributed by atoms with E-state index in [9.17, 15) is 9.59 Å². The highest BCUT2D eigenvalue weighted by molar-refractivity contribution is 5.90. The third kappa shape index (κ3) is 4.02. The van der Waals surface area contributed by atoms with Crippen molar-refractivity contribution < 1.29 is 14.3 Å². The lowest BCUT2D eigenvalue weighted by atomic mass is 9.95. The Morgan fingerprint density at radius 3 is 1.81 bits per heavy atom. The van der Waals surface area contributed by atoms with E-state index in [2.05, 4.69) is 0 Å². The number of carbonyl (C=O) groups excluding carboxylic acids is 2. The van der Waals surface area contributed by atoms with Gasteiger partial charge in [0.05, 0.1) is 18.7 Å². The third-order valence-corrected chi connectivity index (χ3v) is 4.75. The zero-order valence-electron chi connectivity index (χ0n) is 15.5. The Labute approximate surface area is 154 Å². The van der Waals surface area contributed by atoms with Gasteiger partial charge in [-0.05, 0) is 18.1 Å². The molecule has 1 saturated heterocycles. The van der Waals surface area contributed by atoms with Gasteiger partial charge in [-0.2, -0.15) is 0 Å². The summed E-state index contributed by atoms with van der Waals surface area (Å²) < 4.78 is 5.42. The summed E-state index contributed by atoms with van der Waals surface area (Å²) in [6, 6.07) is 19.4. The minimum absolute atomic E-state index is 0.0449. The zero-order valence-corrected chi connectivity index (χ0v) is 15.5. The van der Waals surface area contributed by atoms with Crippen LogP contribution in [0, 0.1) is 5.92 Å². The van der Waals surface area contributed by atoms with Gasteiger partial charge in [0.2, 0.25) is 0 Å². The smallest absolute Gasteiger partial charge is 0.255 e. The van der Waals surface area contributed by atoms with Crippen molar-refractivity contribution in [3.8, 4) is 0 Å². The van der Waals surface area contributed by atoms with Crippen LogP contribution in [0.2, 0.25) is 0 Å². The first-order valence-electron chi connectivity index (χ1n) is 9.07. The number of Topliss-reactive ketones (excluding diaryl/α,β-unsaturated/α-hetero) is 1. The van der Waals surface area contributed by atoms with Gasteiger partial charge >= 0.3 is 0 Å². The Morgan fingerprint density at radius 1 is 0.962 bits per heavy atom. The SMILES string of the molecule is CC(C)C(=O)CN(C(=O)[C@@H]1O[C@@H]1C)C(c1ccccc1)c1ccccc1. The average Bonchev–Trinajstić information content (AvgIpc) is 3.39. The van der Waals surface area contributed by atoms with Gasteiger partial charge in [-0.15, -0.1) is 0 Å². The number of carbonyl (C=O) groups is 2. The van der Waals surface area contributed by atoms with E-state index >= 15 is 0 Å². The number of ether oxygens (including phenoxy) is 1. The Hall–Kier alpha value is -2.46. The van der Waals surface area contributed by atoms with Crippen LogP contribution in [-0.4, -0.2) is 35.3 Å². The van der Waals surface area contributed by atoms with Crippen molar-refractivity contribution in [2.75, 3.05) is 6.54 Å². The molecule has 0 N–H and O–H groups in total. The van der Waals surface area contributed by atoms with Crippen LogP contribution < -0.4 is 0 Å². The predicted molar refractivity (Wildman–Crippen MR) is 101 cm³/mol. The third-order valence-electron chi connectivity index (χ3n) is 4.75. The maximum Gasteiger partial charge on any atom is 0.255 e. The topological polar surface area (TPSA) is 49.9 Å². The van der Waals surface area contributed by atoms with E-state index in [4.69, 9.17) is 4.74 Å². The second-order valence-electron chi connectivity index (χ2n) is 7.07. The molecule has 2 atom stereocenters. The van der Waals surface area contributed by atoms with Gasteiger partial charge < -0.3 is 9.64 Å². The van der Waals surface area contributed by atoms with Crippen LogP contribution in [0.3, 0.4) is 0 Å². The molecule has 4 heteroatoms. The summed E-state index contributed by atoms with van der Waals surface area (Å²) in [5.74, 6) is -0.206. The second-order valence-corrected chi connectivity index (χ2v) is 7.07. The first-order chi connectivity index (χ1) is 12.5. The number of hydrogen-bond acceptors (Lipinski definition) is 3. The molecule has 26 heavy (non-hydrogen) atoms. The molecule has 4 nitrogen and oxygen atoms in total. The number of rotatable bonds is 7. The summed E-state index contributed by atoms with van der Waals surface area (Å²) in [4.78, 5) is 27.3. The maximum atomic E-state index is 13.1. The second kappa shape index (κ2) is 7.83. The Kier molecular flexibility index (Phi) is 5.52. The zero-order chi connectivity index (χ0) is 18.7. The van der Waals surface area contributed by atoms with Crippen molar-refractivity contribution in [1.29, 1.82) is 0 Å². The highest BCUT2D eigenvalue weighted by Crippen LogP contribution is 2.33. The summed E-state index contributed by atoms with van der Waals surface area (Å²) in [5.41, 5.74) is 1.97. The van der Waals surface area contributed by atoms with E-state index in [1.165, 1.54) is 0 Å². The van der Waals surface area contributed by atoms with Crippen LogP contribution in [0.5, 0.6) is 0 Å². The number of ketones is 1. The molecule has 0 aliphatic carbocycles. The van der Waals surface area contributed by atoms with Crippen molar-refractivity contribution in [1.82, 2.24) is 4.90 Å². The lowest BCUT2D eigenvalue weighted by Crippen LogP contribution is -2.43. The molecule has 0 bridgehead atoms. The molecule has 0 saturated carbocycles. The lowest BCUT2D eigenvalue weighted by Gasteiger charge is -2.32. The van der Waals surface area contributed by atoms with Crippen LogP contribution in [0.1, 0.15) is 37.9 Å². The summed E-state index contributed by atoms with van der Waals surface area (Å²) >= 11 is 0. The number of benzene rings is 2. The van der Waals surface area contributed by atoms with Crippen molar-refractivity contribution in [3.63, 3.8) is 0 Å². The molecule has 3 rings (SSSR count). The minimum atomic E-state index is -0.454. The van der Waals surface area contributed by atoms with Gasteiger partial charge in [0, 0.05) is 5.92 Å². The van der Waals surface area contributed by atoms with Crippen LogP contribution in [-0.2, 0) is 14.3 Å². The molecular formula is C22H25NO3. The van der Waals surface area contributed by atoms with Gasteiger partial charge in [0.25, 0.3) is 5.91 Å². The molecule has 1 aliphatic rings.